The number of halogens is 1. The number of aromatic carboxylic acids is 1. The Hall–Kier alpha value is -2.13. The van der Waals surface area contributed by atoms with Crippen molar-refractivity contribution in [2.75, 3.05) is 0 Å². The van der Waals surface area contributed by atoms with Gasteiger partial charge in [0.2, 0.25) is 0 Å². The molecule has 2 aromatic rings. The predicted molar refractivity (Wildman–Crippen MR) is 79.5 cm³/mol. The summed E-state index contributed by atoms with van der Waals surface area (Å²) in [7, 11) is 0. The van der Waals surface area contributed by atoms with Crippen LogP contribution in [0.4, 0.5) is 0 Å². The summed E-state index contributed by atoms with van der Waals surface area (Å²) in [6.07, 6.45) is 0. The zero-order valence-corrected chi connectivity index (χ0v) is 12.0. The van der Waals surface area contributed by atoms with E-state index in [-0.39, 0.29) is 0 Å². The summed E-state index contributed by atoms with van der Waals surface area (Å²) in [5.74, 6) is -0.872. The third kappa shape index (κ3) is 5.24. The highest BCUT2D eigenvalue weighted by atomic mass is 35.5. The van der Waals surface area contributed by atoms with Crippen LogP contribution in [0.1, 0.15) is 31.8 Å². The van der Waals surface area contributed by atoms with Crippen LogP contribution in [0.2, 0.25) is 0 Å². The fraction of sp³-hybridized carbons (Fsp3) is 0.125. The molecule has 0 saturated carbocycles. The molecule has 0 unspecified atom stereocenters. The van der Waals surface area contributed by atoms with Crippen molar-refractivity contribution < 1.29 is 14.7 Å². The van der Waals surface area contributed by atoms with E-state index in [9.17, 15) is 9.59 Å². The van der Waals surface area contributed by atoms with Gasteiger partial charge in [-0.3, -0.25) is 4.79 Å². The van der Waals surface area contributed by atoms with Gasteiger partial charge in [-0.1, -0.05) is 41.5 Å². The van der Waals surface area contributed by atoms with E-state index >= 15 is 0 Å². The predicted octanol–water partition coefficient (Wildman–Crippen LogP) is 4.07. The Balaban J connectivity index is 0.000000200. The van der Waals surface area contributed by atoms with Gasteiger partial charge in [0.15, 0.2) is 0 Å². The molecule has 0 saturated heterocycles. The molecule has 0 fully saturated rings. The fourth-order valence-corrected chi connectivity index (χ4v) is 1.66. The van der Waals surface area contributed by atoms with Gasteiger partial charge in [0.1, 0.15) is 0 Å². The zero-order valence-electron chi connectivity index (χ0n) is 11.3. The second-order valence-electron chi connectivity index (χ2n) is 4.32. The Kier molecular flexibility index (Phi) is 5.94. The van der Waals surface area contributed by atoms with Crippen LogP contribution in [-0.4, -0.2) is 16.3 Å². The van der Waals surface area contributed by atoms with Gasteiger partial charge in [-0.05, 0) is 43.6 Å². The summed E-state index contributed by atoms with van der Waals surface area (Å²) >= 11 is 5.24. The molecule has 0 radical (unpaired) electrons. The maximum absolute atomic E-state index is 10.6. The van der Waals surface area contributed by atoms with Crippen molar-refractivity contribution in [1.29, 1.82) is 0 Å². The smallest absolute Gasteiger partial charge is 0.335 e. The average molecular weight is 291 g/mol. The average Bonchev–Trinajstić information content (AvgIpc) is 2.39. The molecule has 2 aromatic carbocycles. The maximum Gasteiger partial charge on any atom is 0.335 e. The van der Waals surface area contributed by atoms with Crippen LogP contribution in [0, 0.1) is 13.8 Å². The van der Waals surface area contributed by atoms with Gasteiger partial charge in [-0.15, -0.1) is 0 Å². The quantitative estimate of drug-likeness (QED) is 0.848. The number of rotatable bonds is 2. The van der Waals surface area contributed by atoms with Crippen molar-refractivity contribution >= 4 is 22.8 Å². The molecule has 1 N–H and O–H groups in total. The summed E-state index contributed by atoms with van der Waals surface area (Å²) < 4.78 is 0. The number of benzene rings is 2. The number of carbonyl (C=O) groups excluding carboxylic acids is 1. The molecule has 0 heterocycles. The molecule has 0 atom stereocenters. The SMILES string of the molecule is Cc1cccc(C(=O)Cl)c1.Cc1cccc(C(=O)O)c1. The van der Waals surface area contributed by atoms with Crippen molar-refractivity contribution in [3.63, 3.8) is 0 Å². The van der Waals surface area contributed by atoms with E-state index in [4.69, 9.17) is 16.7 Å². The summed E-state index contributed by atoms with van der Waals surface area (Å²) in [6, 6.07) is 14.0. The summed E-state index contributed by atoms with van der Waals surface area (Å²) in [5, 5.41) is 8.11. The Morgan fingerprint density at radius 1 is 0.900 bits per heavy atom. The Morgan fingerprint density at radius 2 is 1.35 bits per heavy atom. The minimum atomic E-state index is -0.872. The van der Waals surface area contributed by atoms with Crippen LogP contribution in [0.15, 0.2) is 48.5 Å². The molecule has 0 aliphatic heterocycles. The lowest BCUT2D eigenvalue weighted by Gasteiger charge is -1.93. The van der Waals surface area contributed by atoms with Crippen LogP contribution in [0.25, 0.3) is 0 Å². The van der Waals surface area contributed by atoms with Gasteiger partial charge in [0.05, 0.1) is 5.56 Å². The largest absolute Gasteiger partial charge is 0.478 e. The summed E-state index contributed by atoms with van der Waals surface area (Å²) in [6.45, 7) is 3.79. The highest BCUT2D eigenvalue weighted by Crippen LogP contribution is 2.06. The van der Waals surface area contributed by atoms with E-state index in [1.54, 1.807) is 30.3 Å². The molecule has 4 heteroatoms. The van der Waals surface area contributed by atoms with Gasteiger partial charge in [-0.2, -0.15) is 0 Å². The number of aryl methyl sites for hydroxylation is 2. The van der Waals surface area contributed by atoms with Gasteiger partial charge in [0.25, 0.3) is 5.24 Å². The van der Waals surface area contributed by atoms with E-state index < -0.39 is 11.2 Å². The Morgan fingerprint density at radius 3 is 1.65 bits per heavy atom. The number of carboxylic acid groups (broad SMARTS) is 1. The lowest BCUT2D eigenvalue weighted by atomic mass is 10.1. The maximum atomic E-state index is 10.6. The fourth-order valence-electron chi connectivity index (χ4n) is 1.55. The topological polar surface area (TPSA) is 54.4 Å². The van der Waals surface area contributed by atoms with Gasteiger partial charge < -0.3 is 5.11 Å². The summed E-state index contributed by atoms with van der Waals surface area (Å²) in [5.41, 5.74) is 2.92. The van der Waals surface area contributed by atoms with Crippen molar-refractivity contribution in [3.8, 4) is 0 Å². The molecule has 0 aromatic heterocycles. The zero-order chi connectivity index (χ0) is 15.1. The van der Waals surface area contributed by atoms with Crippen LogP contribution in [-0.2, 0) is 0 Å². The summed E-state index contributed by atoms with van der Waals surface area (Å²) in [4.78, 5) is 20.9. The monoisotopic (exact) mass is 290 g/mol. The molecular formula is C16H15ClO3. The molecule has 3 nitrogen and oxygen atoms in total. The Labute approximate surface area is 122 Å². The van der Waals surface area contributed by atoms with E-state index in [2.05, 4.69) is 0 Å². The lowest BCUT2D eigenvalue weighted by Crippen LogP contribution is -1.95. The van der Waals surface area contributed by atoms with Gasteiger partial charge >= 0.3 is 5.97 Å². The standard InChI is InChI=1S/C8H7ClO.C8H8O2/c2*1-6-3-2-4-7(5-6)8(9)10/h2-5H,1H3;2-5H,1H3,(H,9,10). The van der Waals surface area contributed by atoms with Crippen molar-refractivity contribution in [2.45, 2.75) is 13.8 Å². The van der Waals surface area contributed by atoms with E-state index in [1.807, 2.05) is 32.0 Å². The van der Waals surface area contributed by atoms with E-state index in [1.165, 1.54) is 0 Å². The first kappa shape index (κ1) is 15.9. The third-order valence-electron chi connectivity index (χ3n) is 2.51. The normalized spacial score (nSPS) is 9.35. The lowest BCUT2D eigenvalue weighted by molar-refractivity contribution is 0.0696. The first-order valence-electron chi connectivity index (χ1n) is 5.96. The molecule has 0 spiro atoms. The van der Waals surface area contributed by atoms with Gasteiger partial charge in [0, 0.05) is 5.56 Å². The number of carbonyl (C=O) groups is 2. The molecule has 2 rings (SSSR count). The van der Waals surface area contributed by atoms with Crippen LogP contribution in [0.3, 0.4) is 0 Å². The first-order valence-corrected chi connectivity index (χ1v) is 6.34. The molecule has 104 valence electrons. The van der Waals surface area contributed by atoms with Crippen LogP contribution >= 0.6 is 11.6 Å². The van der Waals surface area contributed by atoms with Crippen molar-refractivity contribution in [2.24, 2.45) is 0 Å². The molecule has 0 aliphatic carbocycles. The highest BCUT2D eigenvalue weighted by molar-refractivity contribution is 6.67. The molecule has 0 amide bonds. The molecular weight excluding hydrogens is 276 g/mol. The third-order valence-corrected chi connectivity index (χ3v) is 2.73. The van der Waals surface area contributed by atoms with E-state index in [0.717, 1.165) is 11.1 Å². The first-order chi connectivity index (χ1) is 9.40. The Bertz CT molecular complexity index is 565. The second kappa shape index (κ2) is 7.46. The number of carboxylic acids is 1. The number of hydrogen-bond acceptors (Lipinski definition) is 2. The molecule has 0 bridgehead atoms. The number of hydrogen-bond donors (Lipinski definition) is 1. The van der Waals surface area contributed by atoms with Gasteiger partial charge in [-0.25, -0.2) is 4.79 Å². The van der Waals surface area contributed by atoms with Crippen LogP contribution < -0.4 is 0 Å². The highest BCUT2D eigenvalue weighted by Gasteiger charge is 1.99. The van der Waals surface area contributed by atoms with Crippen molar-refractivity contribution in [1.82, 2.24) is 0 Å². The second-order valence-corrected chi connectivity index (χ2v) is 4.66. The molecule has 0 aliphatic rings. The van der Waals surface area contributed by atoms with Crippen LogP contribution in [0.5, 0.6) is 0 Å². The van der Waals surface area contributed by atoms with E-state index in [0.29, 0.717) is 11.1 Å². The molecule has 20 heavy (non-hydrogen) atoms. The minimum Gasteiger partial charge on any atom is -0.478 e. The minimum absolute atomic E-state index is 0.347. The van der Waals surface area contributed by atoms with Crippen molar-refractivity contribution in [3.05, 3.63) is 70.8 Å².